The molecule has 0 saturated carbocycles. The van der Waals surface area contributed by atoms with Gasteiger partial charge in [0, 0.05) is 6.42 Å². The van der Waals surface area contributed by atoms with Crippen LogP contribution in [0.2, 0.25) is 0 Å². The molecule has 0 bridgehead atoms. The van der Waals surface area contributed by atoms with Crippen molar-refractivity contribution in [2.75, 3.05) is 0 Å². The third-order valence-electron chi connectivity index (χ3n) is 1.82. The summed E-state index contributed by atoms with van der Waals surface area (Å²) in [6, 6.07) is 0. The summed E-state index contributed by atoms with van der Waals surface area (Å²) in [5, 5.41) is 16.9. The van der Waals surface area contributed by atoms with Crippen molar-refractivity contribution >= 4 is 11.9 Å². The molecule has 0 radical (unpaired) electrons. The zero-order valence-corrected chi connectivity index (χ0v) is 7.62. The molecule has 0 aromatic rings. The summed E-state index contributed by atoms with van der Waals surface area (Å²) < 4.78 is 0. The molecule has 74 valence electrons. The molecule has 0 aliphatic heterocycles. The van der Waals surface area contributed by atoms with Gasteiger partial charge in [0.15, 0.2) is 0 Å². The van der Waals surface area contributed by atoms with Crippen LogP contribution in [-0.2, 0) is 9.59 Å². The van der Waals surface area contributed by atoms with E-state index < -0.39 is 11.9 Å². The average Bonchev–Trinajstić information content (AvgIpc) is 1.96. The maximum atomic E-state index is 10.4. The first-order valence-electron chi connectivity index (χ1n) is 4.02. The van der Waals surface area contributed by atoms with Gasteiger partial charge in [0.25, 0.3) is 0 Å². The normalized spacial score (nSPS) is 12.1. The third kappa shape index (κ3) is 5.90. The van der Waals surface area contributed by atoms with Crippen molar-refractivity contribution in [1.82, 2.24) is 0 Å². The van der Waals surface area contributed by atoms with Crippen LogP contribution in [0.25, 0.3) is 0 Å². The number of hydrogen-bond acceptors (Lipinski definition) is 2. The van der Waals surface area contributed by atoms with Gasteiger partial charge in [-0.05, 0) is 19.3 Å². The summed E-state index contributed by atoms with van der Waals surface area (Å²) in [6.07, 6.45) is 0.296. The zero-order valence-electron chi connectivity index (χ0n) is 7.62. The Labute approximate surface area is 76.9 Å². The Morgan fingerprint density at radius 2 is 1.85 bits per heavy atom. The topological polar surface area (TPSA) is 74.6 Å². The van der Waals surface area contributed by atoms with Crippen molar-refractivity contribution in [2.24, 2.45) is 5.92 Å². The lowest BCUT2D eigenvalue weighted by Crippen LogP contribution is -2.10. The molecule has 0 aromatic heterocycles. The van der Waals surface area contributed by atoms with Crippen LogP contribution in [0.5, 0.6) is 0 Å². The van der Waals surface area contributed by atoms with E-state index in [9.17, 15) is 9.59 Å². The van der Waals surface area contributed by atoms with Crippen LogP contribution < -0.4 is 0 Å². The summed E-state index contributed by atoms with van der Waals surface area (Å²) in [4.78, 5) is 20.6. The second-order valence-corrected chi connectivity index (χ2v) is 3.07. The van der Waals surface area contributed by atoms with Crippen LogP contribution in [0.4, 0.5) is 0 Å². The molecule has 0 heterocycles. The number of carboxylic acids is 2. The van der Waals surface area contributed by atoms with E-state index in [-0.39, 0.29) is 18.8 Å². The Bertz CT molecular complexity index is 220. The largest absolute Gasteiger partial charge is 0.481 e. The Morgan fingerprint density at radius 3 is 2.15 bits per heavy atom. The molecule has 2 N–H and O–H groups in total. The van der Waals surface area contributed by atoms with E-state index in [4.69, 9.17) is 10.2 Å². The monoisotopic (exact) mass is 186 g/mol. The highest BCUT2D eigenvalue weighted by molar-refractivity contribution is 5.68. The molecular weight excluding hydrogens is 172 g/mol. The maximum Gasteiger partial charge on any atom is 0.303 e. The molecule has 4 heteroatoms. The van der Waals surface area contributed by atoms with E-state index in [1.165, 1.54) is 0 Å². The molecule has 0 fully saturated rings. The number of allylic oxidation sites excluding steroid dienone is 1. The number of carbonyl (C=O) groups is 2. The predicted molar refractivity (Wildman–Crippen MR) is 47.4 cm³/mol. The molecule has 0 saturated heterocycles. The number of rotatable bonds is 6. The van der Waals surface area contributed by atoms with Gasteiger partial charge in [0.1, 0.15) is 0 Å². The smallest absolute Gasteiger partial charge is 0.303 e. The zero-order chi connectivity index (χ0) is 10.4. The van der Waals surface area contributed by atoms with Gasteiger partial charge >= 0.3 is 11.9 Å². The summed E-state index contributed by atoms with van der Waals surface area (Å²) in [7, 11) is 0. The molecule has 1 atom stereocenters. The summed E-state index contributed by atoms with van der Waals surface area (Å²) in [5.41, 5.74) is 0.726. The van der Waals surface area contributed by atoms with Gasteiger partial charge in [-0.25, -0.2) is 0 Å². The molecule has 0 aromatic carbocycles. The maximum absolute atomic E-state index is 10.4. The second-order valence-electron chi connectivity index (χ2n) is 3.07. The summed E-state index contributed by atoms with van der Waals surface area (Å²) >= 11 is 0. The van der Waals surface area contributed by atoms with Crippen molar-refractivity contribution in [3.63, 3.8) is 0 Å². The van der Waals surface area contributed by atoms with E-state index in [1.54, 1.807) is 6.92 Å². The quantitative estimate of drug-likeness (QED) is 0.616. The number of aliphatic carboxylic acids is 2. The van der Waals surface area contributed by atoms with E-state index in [2.05, 4.69) is 6.58 Å². The standard InChI is InChI=1S/C9H14O4/c1-6(2)7(5-9(12)13)3-4-8(10)11/h7H,1,3-5H2,2H3,(H,10,11)(H,12,13)/t7-/m1/s1. The van der Waals surface area contributed by atoms with E-state index in [1.807, 2.05) is 0 Å². The first-order valence-corrected chi connectivity index (χ1v) is 4.02. The fraction of sp³-hybridized carbons (Fsp3) is 0.556. The van der Waals surface area contributed by atoms with Crippen LogP contribution in [0.15, 0.2) is 12.2 Å². The van der Waals surface area contributed by atoms with Crippen molar-refractivity contribution in [1.29, 1.82) is 0 Å². The molecule has 4 nitrogen and oxygen atoms in total. The summed E-state index contributed by atoms with van der Waals surface area (Å²) in [5.74, 6) is -2.05. The Kier molecular flexibility index (Phi) is 4.80. The lowest BCUT2D eigenvalue weighted by atomic mass is 9.93. The third-order valence-corrected chi connectivity index (χ3v) is 1.82. The van der Waals surface area contributed by atoms with Crippen LogP contribution in [-0.4, -0.2) is 22.2 Å². The van der Waals surface area contributed by atoms with Gasteiger partial charge in [-0.3, -0.25) is 9.59 Å². The van der Waals surface area contributed by atoms with Crippen LogP contribution in [0.3, 0.4) is 0 Å². The molecule has 0 aliphatic rings. The number of carboxylic acid groups (broad SMARTS) is 2. The first kappa shape index (κ1) is 11.7. The van der Waals surface area contributed by atoms with Gasteiger partial charge in [0.05, 0.1) is 6.42 Å². The van der Waals surface area contributed by atoms with E-state index >= 15 is 0 Å². The van der Waals surface area contributed by atoms with Gasteiger partial charge in [-0.2, -0.15) is 0 Å². The molecule has 0 amide bonds. The van der Waals surface area contributed by atoms with Crippen molar-refractivity contribution in [3.05, 3.63) is 12.2 Å². The molecule has 0 rings (SSSR count). The average molecular weight is 186 g/mol. The number of hydrogen-bond donors (Lipinski definition) is 2. The highest BCUT2D eigenvalue weighted by Crippen LogP contribution is 2.19. The lowest BCUT2D eigenvalue weighted by molar-refractivity contribution is -0.140. The highest BCUT2D eigenvalue weighted by Gasteiger charge is 2.14. The van der Waals surface area contributed by atoms with Crippen LogP contribution in [0, 0.1) is 5.92 Å². The minimum Gasteiger partial charge on any atom is -0.481 e. The van der Waals surface area contributed by atoms with Gasteiger partial charge in [0.2, 0.25) is 0 Å². The molecule has 13 heavy (non-hydrogen) atoms. The highest BCUT2D eigenvalue weighted by atomic mass is 16.4. The molecular formula is C9H14O4. The fourth-order valence-corrected chi connectivity index (χ4v) is 1.03. The van der Waals surface area contributed by atoms with E-state index in [0.29, 0.717) is 6.42 Å². The summed E-state index contributed by atoms with van der Waals surface area (Å²) in [6.45, 7) is 5.35. The van der Waals surface area contributed by atoms with Crippen molar-refractivity contribution in [2.45, 2.75) is 26.2 Å². The van der Waals surface area contributed by atoms with Gasteiger partial charge in [-0.15, -0.1) is 0 Å². The molecule has 0 aliphatic carbocycles. The Morgan fingerprint density at radius 1 is 1.31 bits per heavy atom. The fourth-order valence-electron chi connectivity index (χ4n) is 1.03. The van der Waals surface area contributed by atoms with Crippen molar-refractivity contribution in [3.8, 4) is 0 Å². The Hall–Kier alpha value is -1.32. The SMILES string of the molecule is C=C(C)[C@H](CCC(=O)O)CC(=O)O. The van der Waals surface area contributed by atoms with Gasteiger partial charge in [-0.1, -0.05) is 12.2 Å². The first-order chi connectivity index (χ1) is 5.93. The second kappa shape index (κ2) is 5.35. The van der Waals surface area contributed by atoms with Gasteiger partial charge < -0.3 is 10.2 Å². The minimum absolute atomic E-state index is 0.00912. The Balaban J connectivity index is 4.02. The van der Waals surface area contributed by atoms with Crippen LogP contribution in [0.1, 0.15) is 26.2 Å². The van der Waals surface area contributed by atoms with Crippen molar-refractivity contribution < 1.29 is 19.8 Å². The molecule has 0 spiro atoms. The minimum atomic E-state index is -0.918. The molecule has 0 unspecified atom stereocenters. The van der Waals surface area contributed by atoms with E-state index in [0.717, 1.165) is 5.57 Å². The van der Waals surface area contributed by atoms with Crippen LogP contribution >= 0.6 is 0 Å². The predicted octanol–water partition coefficient (Wildman–Crippen LogP) is 1.52. The lowest BCUT2D eigenvalue weighted by Gasteiger charge is -2.12.